The molecule has 0 radical (unpaired) electrons. The van der Waals surface area contributed by atoms with E-state index in [-0.39, 0.29) is 11.3 Å². The van der Waals surface area contributed by atoms with Gasteiger partial charge in [-0.15, -0.1) is 11.8 Å². The van der Waals surface area contributed by atoms with E-state index in [4.69, 9.17) is 0 Å². The fraction of sp³-hybridized carbons (Fsp3) is 0.857. The van der Waals surface area contributed by atoms with E-state index in [1.807, 2.05) is 0 Å². The molecule has 2 nitrogen and oxygen atoms in total. The molecule has 3 atom stereocenters. The van der Waals surface area contributed by atoms with Crippen molar-refractivity contribution in [1.29, 1.82) is 0 Å². The van der Waals surface area contributed by atoms with Crippen LogP contribution in [0.25, 0.3) is 0 Å². The zero-order chi connectivity index (χ0) is 8.01. The zero-order valence-electron chi connectivity index (χ0n) is 6.29. The number of rotatable bonds is 0. The van der Waals surface area contributed by atoms with E-state index < -0.39 is 6.17 Å². The zero-order valence-corrected chi connectivity index (χ0v) is 7.10. The maximum absolute atomic E-state index is 12.8. The van der Waals surface area contributed by atoms with E-state index in [1.54, 1.807) is 16.7 Å². The van der Waals surface area contributed by atoms with E-state index in [0.29, 0.717) is 5.92 Å². The Labute approximate surface area is 69.1 Å². The lowest BCUT2D eigenvalue weighted by atomic mass is 10.1. The van der Waals surface area contributed by atoms with Gasteiger partial charge in [-0.25, -0.2) is 4.39 Å². The van der Waals surface area contributed by atoms with Crippen molar-refractivity contribution in [2.75, 3.05) is 12.3 Å². The molecule has 2 heterocycles. The first kappa shape index (κ1) is 7.40. The number of halogens is 1. The van der Waals surface area contributed by atoms with Crippen molar-refractivity contribution in [3.05, 3.63) is 0 Å². The lowest BCUT2D eigenvalue weighted by molar-refractivity contribution is -0.153. The second-order valence-electron chi connectivity index (χ2n) is 3.22. The summed E-state index contributed by atoms with van der Waals surface area (Å²) in [6, 6.07) is 0. The number of carbonyl (C=O) groups is 1. The molecule has 1 amide bonds. The van der Waals surface area contributed by atoms with Gasteiger partial charge >= 0.3 is 0 Å². The average Bonchev–Trinajstić information content (AvgIpc) is 2.03. The van der Waals surface area contributed by atoms with Crippen LogP contribution in [0.1, 0.15) is 6.92 Å². The fourth-order valence-corrected chi connectivity index (χ4v) is 2.79. The van der Waals surface area contributed by atoms with Crippen LogP contribution in [0.3, 0.4) is 0 Å². The number of thioether (sulfide) groups is 1. The number of fused-ring (bicyclic) bond motifs is 1. The molecule has 0 aromatic heterocycles. The van der Waals surface area contributed by atoms with E-state index in [9.17, 15) is 9.18 Å². The molecular weight excluding hydrogens is 165 g/mol. The Bertz CT molecular complexity index is 199. The maximum Gasteiger partial charge on any atom is 0.261 e. The Morgan fingerprint density at radius 3 is 3.18 bits per heavy atom. The molecule has 2 saturated heterocycles. The lowest BCUT2D eigenvalue weighted by Gasteiger charge is -2.47. The molecule has 2 fully saturated rings. The van der Waals surface area contributed by atoms with Gasteiger partial charge in [0.1, 0.15) is 5.37 Å². The Kier molecular flexibility index (Phi) is 1.59. The topological polar surface area (TPSA) is 20.3 Å². The third-order valence-corrected chi connectivity index (χ3v) is 3.73. The second-order valence-corrected chi connectivity index (χ2v) is 4.37. The number of carbonyl (C=O) groups excluding carboxylic acids is 1. The van der Waals surface area contributed by atoms with E-state index in [0.717, 1.165) is 12.3 Å². The molecule has 0 bridgehead atoms. The van der Waals surface area contributed by atoms with Gasteiger partial charge in [-0.3, -0.25) is 4.79 Å². The minimum atomic E-state index is -1.22. The normalized spacial score (nSPS) is 43.3. The molecular formula is C7H10FNOS. The largest absolute Gasteiger partial charge is 0.324 e. The minimum Gasteiger partial charge on any atom is -0.324 e. The van der Waals surface area contributed by atoms with Crippen LogP contribution >= 0.6 is 11.8 Å². The van der Waals surface area contributed by atoms with Gasteiger partial charge in [0.25, 0.3) is 5.91 Å². The SMILES string of the molecule is C[C@H]1CS[C@H]2C(F)C(=O)N2C1. The first-order valence-corrected chi connectivity index (χ1v) is 4.81. The van der Waals surface area contributed by atoms with Crippen molar-refractivity contribution in [3.63, 3.8) is 0 Å². The number of hydrogen-bond acceptors (Lipinski definition) is 2. The van der Waals surface area contributed by atoms with E-state index in [2.05, 4.69) is 6.92 Å². The van der Waals surface area contributed by atoms with Gasteiger partial charge in [-0.2, -0.15) is 0 Å². The number of nitrogens with zero attached hydrogens (tertiary/aromatic N) is 1. The molecule has 2 aliphatic rings. The van der Waals surface area contributed by atoms with Gasteiger partial charge < -0.3 is 4.90 Å². The lowest BCUT2D eigenvalue weighted by Crippen LogP contribution is -2.64. The van der Waals surface area contributed by atoms with Crippen LogP contribution in [0.5, 0.6) is 0 Å². The molecule has 0 aliphatic carbocycles. The molecule has 62 valence electrons. The van der Waals surface area contributed by atoms with Gasteiger partial charge in [0.15, 0.2) is 0 Å². The summed E-state index contributed by atoms with van der Waals surface area (Å²) >= 11 is 1.56. The predicted octanol–water partition coefficient (Wildman–Crippen LogP) is 0.876. The van der Waals surface area contributed by atoms with Gasteiger partial charge in [0.2, 0.25) is 6.17 Å². The van der Waals surface area contributed by atoms with Crippen LogP contribution in [0.2, 0.25) is 0 Å². The number of hydrogen-bond donors (Lipinski definition) is 0. The highest BCUT2D eigenvalue weighted by atomic mass is 32.2. The van der Waals surface area contributed by atoms with Crippen molar-refractivity contribution >= 4 is 17.7 Å². The summed E-state index contributed by atoms with van der Waals surface area (Å²) in [7, 11) is 0. The quantitative estimate of drug-likeness (QED) is 0.509. The second kappa shape index (κ2) is 2.37. The number of amides is 1. The van der Waals surface area contributed by atoms with Crippen LogP contribution in [0.15, 0.2) is 0 Å². The molecule has 4 heteroatoms. The summed E-state index contributed by atoms with van der Waals surface area (Å²) < 4.78 is 12.8. The Morgan fingerprint density at radius 1 is 1.73 bits per heavy atom. The van der Waals surface area contributed by atoms with Gasteiger partial charge in [0.05, 0.1) is 0 Å². The van der Waals surface area contributed by atoms with Crippen molar-refractivity contribution in [2.45, 2.75) is 18.5 Å². The number of β-lactam (4-membered cyclic amide) rings is 1. The highest BCUT2D eigenvalue weighted by Crippen LogP contribution is 2.37. The summed E-state index contributed by atoms with van der Waals surface area (Å²) in [5.74, 6) is 1.19. The molecule has 0 N–H and O–H groups in total. The van der Waals surface area contributed by atoms with Crippen molar-refractivity contribution in [3.8, 4) is 0 Å². The van der Waals surface area contributed by atoms with Gasteiger partial charge in [0, 0.05) is 6.54 Å². The Morgan fingerprint density at radius 2 is 2.45 bits per heavy atom. The monoisotopic (exact) mass is 175 g/mol. The predicted molar refractivity (Wildman–Crippen MR) is 42.0 cm³/mol. The van der Waals surface area contributed by atoms with Crippen molar-refractivity contribution in [1.82, 2.24) is 4.90 Å². The summed E-state index contributed by atoms with van der Waals surface area (Å²) in [5.41, 5.74) is 0. The summed E-state index contributed by atoms with van der Waals surface area (Å²) in [4.78, 5) is 12.5. The Balaban J connectivity index is 2.04. The molecule has 0 aromatic rings. The third-order valence-electron chi connectivity index (χ3n) is 2.14. The average molecular weight is 175 g/mol. The molecule has 1 unspecified atom stereocenters. The first-order chi connectivity index (χ1) is 5.20. The minimum absolute atomic E-state index is 0.154. The highest BCUT2D eigenvalue weighted by molar-refractivity contribution is 8.00. The van der Waals surface area contributed by atoms with Crippen molar-refractivity contribution in [2.24, 2.45) is 5.92 Å². The van der Waals surface area contributed by atoms with Crippen LogP contribution < -0.4 is 0 Å². The molecule has 11 heavy (non-hydrogen) atoms. The first-order valence-electron chi connectivity index (χ1n) is 3.76. The van der Waals surface area contributed by atoms with Gasteiger partial charge in [-0.05, 0) is 11.7 Å². The summed E-state index contributed by atoms with van der Waals surface area (Å²) in [6.07, 6.45) is -1.22. The van der Waals surface area contributed by atoms with Crippen LogP contribution in [-0.4, -0.2) is 34.7 Å². The molecule has 0 saturated carbocycles. The summed E-state index contributed by atoms with van der Waals surface area (Å²) in [6.45, 7) is 2.83. The maximum atomic E-state index is 12.8. The van der Waals surface area contributed by atoms with Gasteiger partial charge in [-0.1, -0.05) is 6.92 Å². The standard InChI is InChI=1S/C7H10FNOS/c1-4-2-9-6(10)5(8)7(9)11-3-4/h4-5,7H,2-3H2,1H3/t4-,5?,7+/m1/s1. The molecule has 0 spiro atoms. The smallest absolute Gasteiger partial charge is 0.261 e. The fourth-order valence-electron chi connectivity index (χ4n) is 1.50. The summed E-state index contributed by atoms with van der Waals surface area (Å²) in [5, 5.41) is -0.154. The van der Waals surface area contributed by atoms with Crippen LogP contribution in [0.4, 0.5) is 4.39 Å². The van der Waals surface area contributed by atoms with E-state index >= 15 is 0 Å². The third kappa shape index (κ3) is 0.956. The number of alkyl halides is 1. The van der Waals surface area contributed by atoms with E-state index in [1.165, 1.54) is 0 Å². The molecule has 0 aromatic carbocycles. The molecule has 2 rings (SSSR count). The Hall–Kier alpha value is -0.250. The van der Waals surface area contributed by atoms with Crippen LogP contribution in [0, 0.1) is 5.92 Å². The highest BCUT2D eigenvalue weighted by Gasteiger charge is 2.50. The van der Waals surface area contributed by atoms with Crippen LogP contribution in [-0.2, 0) is 4.79 Å². The molecule has 2 aliphatic heterocycles. The van der Waals surface area contributed by atoms with Crippen molar-refractivity contribution < 1.29 is 9.18 Å².